The van der Waals surface area contributed by atoms with Crippen LogP contribution in [0.15, 0.2) is 18.2 Å². The van der Waals surface area contributed by atoms with Gasteiger partial charge in [-0.05, 0) is 25.1 Å². The van der Waals surface area contributed by atoms with Crippen LogP contribution < -0.4 is 4.74 Å². The first-order valence-electron chi connectivity index (χ1n) is 5.18. The van der Waals surface area contributed by atoms with Crippen molar-refractivity contribution >= 4 is 5.78 Å². The van der Waals surface area contributed by atoms with E-state index in [0.29, 0.717) is 19.0 Å². The lowest BCUT2D eigenvalue weighted by atomic mass is 10.1. The summed E-state index contributed by atoms with van der Waals surface area (Å²) in [6.45, 7) is 2.39. The van der Waals surface area contributed by atoms with E-state index >= 15 is 0 Å². The second kappa shape index (κ2) is 6.88. The number of methoxy groups -OCH3 is 1. The lowest BCUT2D eigenvalue weighted by Crippen LogP contribution is -2.08. The first-order chi connectivity index (χ1) is 8.15. The van der Waals surface area contributed by atoms with E-state index < -0.39 is 0 Å². The zero-order valence-electron chi connectivity index (χ0n) is 9.93. The highest BCUT2D eigenvalue weighted by Gasteiger charge is 2.07. The van der Waals surface area contributed by atoms with Gasteiger partial charge in [0.15, 0.2) is 12.6 Å². The Bertz CT molecular complexity index is 375. The SMILES string of the molecule is COCCOCOc1ccc(O)c(C(C)=O)c1. The molecule has 5 heteroatoms. The maximum absolute atomic E-state index is 11.2. The summed E-state index contributed by atoms with van der Waals surface area (Å²) < 4.78 is 15.2. The molecule has 1 N–H and O–H groups in total. The molecular weight excluding hydrogens is 224 g/mol. The molecule has 0 aromatic heterocycles. The number of phenolic OH excluding ortho intramolecular Hbond substituents is 1. The summed E-state index contributed by atoms with van der Waals surface area (Å²) >= 11 is 0. The van der Waals surface area contributed by atoms with Crippen molar-refractivity contribution in [1.29, 1.82) is 0 Å². The second-order valence-electron chi connectivity index (χ2n) is 3.40. The number of Topliss-reactive ketones (excluding diaryl/α,β-unsaturated/α-hetero) is 1. The Morgan fingerprint density at radius 1 is 1.35 bits per heavy atom. The summed E-state index contributed by atoms with van der Waals surface area (Å²) in [6, 6.07) is 4.47. The Morgan fingerprint density at radius 3 is 2.76 bits per heavy atom. The van der Waals surface area contributed by atoms with Gasteiger partial charge in [0.05, 0.1) is 18.8 Å². The molecule has 1 aromatic carbocycles. The summed E-state index contributed by atoms with van der Waals surface area (Å²) in [7, 11) is 1.59. The predicted molar refractivity (Wildman–Crippen MR) is 61.4 cm³/mol. The molecule has 0 saturated heterocycles. The molecule has 94 valence electrons. The molecular formula is C12H16O5. The molecule has 0 aliphatic rings. The van der Waals surface area contributed by atoms with Crippen LogP contribution in [0.1, 0.15) is 17.3 Å². The van der Waals surface area contributed by atoms with Gasteiger partial charge in [0.25, 0.3) is 0 Å². The molecule has 0 atom stereocenters. The first kappa shape index (κ1) is 13.5. The van der Waals surface area contributed by atoms with Gasteiger partial charge in [0.1, 0.15) is 11.5 Å². The fourth-order valence-corrected chi connectivity index (χ4v) is 1.20. The monoisotopic (exact) mass is 240 g/mol. The summed E-state index contributed by atoms with van der Waals surface area (Å²) in [5, 5.41) is 9.42. The van der Waals surface area contributed by atoms with Crippen molar-refractivity contribution in [3.63, 3.8) is 0 Å². The molecule has 0 unspecified atom stereocenters. The van der Waals surface area contributed by atoms with Crippen LogP contribution >= 0.6 is 0 Å². The van der Waals surface area contributed by atoms with Gasteiger partial charge in [0, 0.05) is 7.11 Å². The lowest BCUT2D eigenvalue weighted by molar-refractivity contribution is -0.00852. The number of hydrogen-bond acceptors (Lipinski definition) is 5. The van der Waals surface area contributed by atoms with E-state index in [1.54, 1.807) is 13.2 Å². The Hall–Kier alpha value is -1.59. The number of rotatable bonds is 7. The normalized spacial score (nSPS) is 10.2. The Labute approximate surface area is 99.9 Å². The molecule has 0 bridgehead atoms. The average Bonchev–Trinajstić information content (AvgIpc) is 2.30. The molecule has 0 radical (unpaired) electrons. The van der Waals surface area contributed by atoms with Crippen molar-refractivity contribution < 1.29 is 24.1 Å². The van der Waals surface area contributed by atoms with Gasteiger partial charge in [-0.15, -0.1) is 0 Å². The Balaban J connectivity index is 2.49. The molecule has 1 aromatic rings. The second-order valence-corrected chi connectivity index (χ2v) is 3.40. The predicted octanol–water partition coefficient (Wildman–Crippen LogP) is 1.59. The molecule has 0 fully saturated rings. The van der Waals surface area contributed by atoms with Crippen LogP contribution in [-0.4, -0.2) is 38.0 Å². The highest BCUT2D eigenvalue weighted by molar-refractivity contribution is 5.97. The van der Waals surface area contributed by atoms with E-state index in [2.05, 4.69) is 0 Å². The van der Waals surface area contributed by atoms with E-state index in [4.69, 9.17) is 14.2 Å². The number of phenols is 1. The summed E-state index contributed by atoms with van der Waals surface area (Å²) in [5.41, 5.74) is 0.236. The zero-order chi connectivity index (χ0) is 12.7. The molecule has 0 amide bonds. The van der Waals surface area contributed by atoms with Crippen LogP contribution in [0.2, 0.25) is 0 Å². The minimum atomic E-state index is -0.215. The molecule has 17 heavy (non-hydrogen) atoms. The molecule has 0 aliphatic carbocycles. The third-order valence-corrected chi connectivity index (χ3v) is 2.09. The summed E-state index contributed by atoms with van der Waals surface area (Å²) in [6.07, 6.45) is 0. The number of carbonyl (C=O) groups excluding carboxylic acids is 1. The number of ketones is 1. The third-order valence-electron chi connectivity index (χ3n) is 2.09. The smallest absolute Gasteiger partial charge is 0.189 e. The van der Waals surface area contributed by atoms with Crippen molar-refractivity contribution in [2.45, 2.75) is 6.92 Å². The van der Waals surface area contributed by atoms with E-state index in [-0.39, 0.29) is 23.9 Å². The Kier molecular flexibility index (Phi) is 5.45. The highest BCUT2D eigenvalue weighted by atomic mass is 16.7. The average molecular weight is 240 g/mol. The van der Waals surface area contributed by atoms with Crippen LogP contribution in [0, 0.1) is 0 Å². The number of hydrogen-bond donors (Lipinski definition) is 1. The van der Waals surface area contributed by atoms with Crippen molar-refractivity contribution in [3.8, 4) is 11.5 Å². The lowest BCUT2D eigenvalue weighted by Gasteiger charge is -2.08. The van der Waals surface area contributed by atoms with E-state index in [0.717, 1.165) is 0 Å². The van der Waals surface area contributed by atoms with Crippen LogP contribution in [0.4, 0.5) is 0 Å². The fourth-order valence-electron chi connectivity index (χ4n) is 1.20. The van der Waals surface area contributed by atoms with Gasteiger partial charge in [-0.3, -0.25) is 4.79 Å². The number of carbonyl (C=O) groups is 1. The van der Waals surface area contributed by atoms with Crippen LogP contribution in [0.25, 0.3) is 0 Å². The van der Waals surface area contributed by atoms with Gasteiger partial charge in [-0.25, -0.2) is 0 Å². The minimum absolute atomic E-state index is 0.0508. The van der Waals surface area contributed by atoms with E-state index in [1.807, 2.05) is 0 Å². The topological polar surface area (TPSA) is 65.0 Å². The maximum atomic E-state index is 11.2. The number of ether oxygens (including phenoxy) is 3. The van der Waals surface area contributed by atoms with Gasteiger partial charge >= 0.3 is 0 Å². The van der Waals surface area contributed by atoms with Crippen molar-refractivity contribution in [1.82, 2.24) is 0 Å². The first-order valence-corrected chi connectivity index (χ1v) is 5.18. The van der Waals surface area contributed by atoms with Crippen LogP contribution in [0.5, 0.6) is 11.5 Å². The van der Waals surface area contributed by atoms with Crippen LogP contribution in [0.3, 0.4) is 0 Å². The highest BCUT2D eigenvalue weighted by Crippen LogP contribution is 2.23. The molecule has 1 rings (SSSR count). The third kappa shape index (κ3) is 4.42. The van der Waals surface area contributed by atoms with E-state index in [1.165, 1.54) is 19.1 Å². The summed E-state index contributed by atoms with van der Waals surface area (Å²) in [5.74, 6) is 0.212. The fraction of sp³-hybridized carbons (Fsp3) is 0.417. The molecule has 5 nitrogen and oxygen atoms in total. The number of benzene rings is 1. The maximum Gasteiger partial charge on any atom is 0.189 e. The molecule has 0 aliphatic heterocycles. The Morgan fingerprint density at radius 2 is 2.12 bits per heavy atom. The largest absolute Gasteiger partial charge is 0.507 e. The standard InChI is InChI=1S/C12H16O5/c1-9(13)11-7-10(3-4-12(11)14)17-8-16-6-5-15-2/h3-4,7,14H,5-6,8H2,1-2H3. The van der Waals surface area contributed by atoms with Gasteiger partial charge in [0.2, 0.25) is 0 Å². The zero-order valence-corrected chi connectivity index (χ0v) is 9.93. The molecule has 0 spiro atoms. The van der Waals surface area contributed by atoms with Gasteiger partial charge < -0.3 is 19.3 Å². The molecule has 0 saturated carbocycles. The van der Waals surface area contributed by atoms with Crippen molar-refractivity contribution in [2.24, 2.45) is 0 Å². The van der Waals surface area contributed by atoms with Crippen molar-refractivity contribution in [3.05, 3.63) is 23.8 Å². The van der Waals surface area contributed by atoms with Gasteiger partial charge in [-0.2, -0.15) is 0 Å². The molecule has 0 heterocycles. The number of aromatic hydroxyl groups is 1. The quantitative estimate of drug-likeness (QED) is 0.445. The summed E-state index contributed by atoms with van der Waals surface area (Å²) in [4.78, 5) is 11.2. The van der Waals surface area contributed by atoms with Crippen LogP contribution in [-0.2, 0) is 9.47 Å². The van der Waals surface area contributed by atoms with E-state index in [9.17, 15) is 9.90 Å². The van der Waals surface area contributed by atoms with Crippen molar-refractivity contribution in [2.75, 3.05) is 27.1 Å². The van der Waals surface area contributed by atoms with Gasteiger partial charge in [-0.1, -0.05) is 0 Å². The minimum Gasteiger partial charge on any atom is -0.507 e.